The van der Waals surface area contributed by atoms with Gasteiger partial charge in [-0.2, -0.15) is 13.2 Å². The minimum atomic E-state index is -4.23. The van der Waals surface area contributed by atoms with Gasteiger partial charge in [-0.3, -0.25) is 0 Å². The zero-order valence-corrected chi connectivity index (χ0v) is 11.8. The summed E-state index contributed by atoms with van der Waals surface area (Å²) in [5, 5.41) is 0.449. The van der Waals surface area contributed by atoms with E-state index in [1.807, 2.05) is 0 Å². The number of benzene rings is 1. The van der Waals surface area contributed by atoms with Gasteiger partial charge in [0.05, 0.1) is 11.9 Å². The molecule has 0 bridgehead atoms. The summed E-state index contributed by atoms with van der Waals surface area (Å²) in [7, 11) is 0. The van der Waals surface area contributed by atoms with Crippen molar-refractivity contribution in [3.63, 3.8) is 0 Å². The predicted molar refractivity (Wildman–Crippen MR) is 75.1 cm³/mol. The zero-order chi connectivity index (χ0) is 15.7. The molecule has 1 fully saturated rings. The van der Waals surface area contributed by atoms with Crippen LogP contribution in [-0.2, 0) is 0 Å². The summed E-state index contributed by atoms with van der Waals surface area (Å²) in [4.78, 5) is 9.76. The molecule has 1 saturated carbocycles. The second-order valence-electron chi connectivity index (χ2n) is 5.61. The Morgan fingerprint density at radius 1 is 1.18 bits per heavy atom. The highest BCUT2D eigenvalue weighted by atomic mass is 19.4. The van der Waals surface area contributed by atoms with Gasteiger partial charge >= 0.3 is 6.18 Å². The van der Waals surface area contributed by atoms with Gasteiger partial charge in [0.25, 0.3) is 0 Å². The summed E-state index contributed by atoms with van der Waals surface area (Å²) in [5.74, 6) is 0.318. The van der Waals surface area contributed by atoms with Crippen LogP contribution in [-0.4, -0.2) is 29.2 Å². The van der Waals surface area contributed by atoms with Crippen LogP contribution < -0.4 is 4.90 Å². The van der Waals surface area contributed by atoms with Crippen molar-refractivity contribution < 1.29 is 17.6 Å². The molecular weight excluding hydrogens is 298 g/mol. The lowest BCUT2D eigenvalue weighted by molar-refractivity contribution is -0.132. The first kappa shape index (κ1) is 15.0. The molecule has 1 aliphatic carbocycles. The van der Waals surface area contributed by atoms with E-state index >= 15 is 0 Å². The van der Waals surface area contributed by atoms with Crippen molar-refractivity contribution in [2.24, 2.45) is 5.92 Å². The molecule has 3 nitrogen and oxygen atoms in total. The van der Waals surface area contributed by atoms with Crippen LogP contribution in [0.5, 0.6) is 0 Å². The number of anilines is 1. The SMILES string of the molecule is Fc1ccc2ncnc(N(CCC(F)(F)F)CC3CC3)c2c1. The third-order valence-corrected chi connectivity index (χ3v) is 3.72. The Balaban J connectivity index is 1.93. The first-order chi connectivity index (χ1) is 10.4. The average molecular weight is 313 g/mol. The number of hydrogen-bond acceptors (Lipinski definition) is 3. The third kappa shape index (κ3) is 3.64. The van der Waals surface area contributed by atoms with Gasteiger partial charge in [0.2, 0.25) is 0 Å². The molecule has 0 aliphatic heterocycles. The Labute approximate surface area is 125 Å². The van der Waals surface area contributed by atoms with Gasteiger partial charge in [0.1, 0.15) is 18.0 Å². The second kappa shape index (κ2) is 5.70. The van der Waals surface area contributed by atoms with Crippen LogP contribution in [0.25, 0.3) is 10.9 Å². The average Bonchev–Trinajstić information content (AvgIpc) is 3.26. The van der Waals surface area contributed by atoms with Crippen molar-refractivity contribution in [3.05, 3.63) is 30.3 Å². The van der Waals surface area contributed by atoms with Crippen LogP contribution in [0.4, 0.5) is 23.4 Å². The Bertz CT molecular complexity index is 667. The highest BCUT2D eigenvalue weighted by Crippen LogP contribution is 2.33. The van der Waals surface area contributed by atoms with E-state index in [9.17, 15) is 17.6 Å². The molecule has 0 unspecified atom stereocenters. The standard InChI is InChI=1S/C15H15F4N3/c16-11-3-4-13-12(7-11)14(21-9-20-13)22(8-10-1-2-10)6-5-15(17,18)19/h3-4,7,9-10H,1-2,5-6,8H2. The summed E-state index contributed by atoms with van der Waals surface area (Å²) < 4.78 is 51.1. The molecular formula is C15H15F4N3. The molecule has 118 valence electrons. The number of fused-ring (bicyclic) bond motifs is 1. The third-order valence-electron chi connectivity index (χ3n) is 3.72. The van der Waals surface area contributed by atoms with Gasteiger partial charge in [0, 0.05) is 18.5 Å². The van der Waals surface area contributed by atoms with Crippen molar-refractivity contribution in [2.75, 3.05) is 18.0 Å². The first-order valence-electron chi connectivity index (χ1n) is 7.14. The lowest BCUT2D eigenvalue weighted by Crippen LogP contribution is -2.31. The fourth-order valence-corrected chi connectivity index (χ4v) is 2.42. The molecule has 0 radical (unpaired) electrons. The van der Waals surface area contributed by atoms with Crippen LogP contribution in [0.1, 0.15) is 19.3 Å². The first-order valence-corrected chi connectivity index (χ1v) is 7.14. The normalized spacial score (nSPS) is 15.3. The lowest BCUT2D eigenvalue weighted by atomic mass is 10.2. The quantitative estimate of drug-likeness (QED) is 0.783. The van der Waals surface area contributed by atoms with Gasteiger partial charge in [-0.25, -0.2) is 14.4 Å². The zero-order valence-electron chi connectivity index (χ0n) is 11.8. The monoisotopic (exact) mass is 313 g/mol. The predicted octanol–water partition coefficient (Wildman–Crippen LogP) is 3.94. The summed E-state index contributed by atoms with van der Waals surface area (Å²) >= 11 is 0. The number of aromatic nitrogens is 2. The second-order valence-corrected chi connectivity index (χ2v) is 5.61. The molecule has 1 aromatic heterocycles. The molecule has 7 heteroatoms. The number of nitrogens with zero attached hydrogens (tertiary/aromatic N) is 3. The van der Waals surface area contributed by atoms with Gasteiger partial charge in [0.15, 0.2) is 0 Å². The van der Waals surface area contributed by atoms with E-state index in [0.717, 1.165) is 12.8 Å². The van der Waals surface area contributed by atoms with E-state index in [1.165, 1.54) is 24.5 Å². The Morgan fingerprint density at radius 2 is 1.95 bits per heavy atom. The molecule has 1 heterocycles. The number of rotatable bonds is 5. The van der Waals surface area contributed by atoms with E-state index < -0.39 is 18.4 Å². The van der Waals surface area contributed by atoms with Crippen molar-refractivity contribution in [3.8, 4) is 0 Å². The van der Waals surface area contributed by atoms with Gasteiger partial charge < -0.3 is 4.90 Å². The van der Waals surface area contributed by atoms with E-state index in [0.29, 0.717) is 29.2 Å². The molecule has 0 amide bonds. The van der Waals surface area contributed by atoms with E-state index in [-0.39, 0.29) is 6.54 Å². The van der Waals surface area contributed by atoms with Gasteiger partial charge in [-0.15, -0.1) is 0 Å². The van der Waals surface area contributed by atoms with Crippen LogP contribution in [0, 0.1) is 11.7 Å². The topological polar surface area (TPSA) is 29.0 Å². The number of hydrogen-bond donors (Lipinski definition) is 0. The summed E-state index contributed by atoms with van der Waals surface area (Å²) in [6.45, 7) is 0.335. The van der Waals surface area contributed by atoms with E-state index in [1.54, 1.807) is 4.90 Å². The molecule has 3 rings (SSSR count). The van der Waals surface area contributed by atoms with Crippen molar-refractivity contribution in [2.45, 2.75) is 25.4 Å². The van der Waals surface area contributed by atoms with Crippen molar-refractivity contribution in [1.82, 2.24) is 9.97 Å². The largest absolute Gasteiger partial charge is 0.390 e. The number of alkyl halides is 3. The molecule has 22 heavy (non-hydrogen) atoms. The minimum absolute atomic E-state index is 0.178. The highest BCUT2D eigenvalue weighted by molar-refractivity contribution is 5.89. The maximum absolute atomic E-state index is 13.5. The van der Waals surface area contributed by atoms with Crippen LogP contribution in [0.15, 0.2) is 24.5 Å². The summed E-state index contributed by atoms with van der Waals surface area (Å²) in [6.07, 6.45) is -1.81. The van der Waals surface area contributed by atoms with E-state index in [2.05, 4.69) is 9.97 Å². The summed E-state index contributed by atoms with van der Waals surface area (Å²) in [6, 6.07) is 4.06. The summed E-state index contributed by atoms with van der Waals surface area (Å²) in [5.41, 5.74) is 0.527. The van der Waals surface area contributed by atoms with Crippen LogP contribution >= 0.6 is 0 Å². The molecule has 2 aromatic rings. The van der Waals surface area contributed by atoms with Crippen LogP contribution in [0.3, 0.4) is 0 Å². The molecule has 0 atom stereocenters. The molecule has 1 aliphatic rings. The maximum atomic E-state index is 13.5. The molecule has 1 aromatic carbocycles. The Morgan fingerprint density at radius 3 is 2.64 bits per heavy atom. The van der Waals surface area contributed by atoms with Gasteiger partial charge in [-0.05, 0) is 37.0 Å². The highest BCUT2D eigenvalue weighted by Gasteiger charge is 2.31. The Hall–Kier alpha value is -1.92. The fraction of sp³-hybridized carbons (Fsp3) is 0.467. The smallest absolute Gasteiger partial charge is 0.355 e. The molecule has 0 N–H and O–H groups in total. The maximum Gasteiger partial charge on any atom is 0.390 e. The lowest BCUT2D eigenvalue weighted by Gasteiger charge is -2.25. The molecule has 0 spiro atoms. The number of halogens is 4. The van der Waals surface area contributed by atoms with E-state index in [4.69, 9.17) is 0 Å². The van der Waals surface area contributed by atoms with Crippen molar-refractivity contribution >= 4 is 16.7 Å². The fourth-order valence-electron chi connectivity index (χ4n) is 2.42. The van der Waals surface area contributed by atoms with Gasteiger partial charge in [-0.1, -0.05) is 0 Å². The Kier molecular flexibility index (Phi) is 3.88. The molecule has 0 saturated heterocycles. The minimum Gasteiger partial charge on any atom is -0.355 e. The van der Waals surface area contributed by atoms with Crippen LogP contribution in [0.2, 0.25) is 0 Å². The van der Waals surface area contributed by atoms with Crippen molar-refractivity contribution in [1.29, 1.82) is 0 Å².